The maximum atomic E-state index is 11.7. The summed E-state index contributed by atoms with van der Waals surface area (Å²) >= 11 is 3.28. The van der Waals surface area contributed by atoms with E-state index in [1.54, 1.807) is 0 Å². The molecule has 0 aliphatic heterocycles. The third-order valence-electron chi connectivity index (χ3n) is 3.01. The van der Waals surface area contributed by atoms with Gasteiger partial charge in [-0.3, -0.25) is 4.79 Å². The van der Waals surface area contributed by atoms with Crippen molar-refractivity contribution in [1.29, 1.82) is 0 Å². The van der Waals surface area contributed by atoms with Crippen LogP contribution in [0.25, 0.3) is 10.8 Å². The molecular formula is C15H16BrNO. The molecule has 0 aliphatic rings. The van der Waals surface area contributed by atoms with Crippen molar-refractivity contribution in [3.63, 3.8) is 0 Å². The number of benzene rings is 2. The van der Waals surface area contributed by atoms with E-state index in [0.29, 0.717) is 0 Å². The monoisotopic (exact) mass is 305 g/mol. The van der Waals surface area contributed by atoms with Gasteiger partial charge in [0.1, 0.15) is 0 Å². The Hall–Kier alpha value is -1.35. The minimum absolute atomic E-state index is 0.00333. The van der Waals surface area contributed by atoms with Crippen molar-refractivity contribution in [2.45, 2.75) is 24.7 Å². The first-order chi connectivity index (χ1) is 8.59. The van der Waals surface area contributed by atoms with Crippen LogP contribution in [0, 0.1) is 0 Å². The van der Waals surface area contributed by atoms with E-state index >= 15 is 0 Å². The molecule has 0 bridgehead atoms. The van der Waals surface area contributed by atoms with Crippen LogP contribution in [0.1, 0.15) is 25.5 Å². The van der Waals surface area contributed by atoms with Crippen LogP contribution >= 0.6 is 15.9 Å². The van der Waals surface area contributed by atoms with Gasteiger partial charge in [0.05, 0.1) is 10.9 Å². The van der Waals surface area contributed by atoms with Gasteiger partial charge < -0.3 is 5.32 Å². The summed E-state index contributed by atoms with van der Waals surface area (Å²) in [7, 11) is 0. The van der Waals surface area contributed by atoms with Crippen molar-refractivity contribution in [3.05, 3.63) is 48.0 Å². The second kappa shape index (κ2) is 5.53. The Kier molecular flexibility index (Phi) is 4.02. The molecule has 0 aliphatic carbocycles. The smallest absolute Gasteiger partial charge is 0.233 e. The van der Waals surface area contributed by atoms with Gasteiger partial charge in [-0.15, -0.1) is 0 Å². The van der Waals surface area contributed by atoms with Gasteiger partial charge in [-0.1, -0.05) is 58.4 Å². The van der Waals surface area contributed by atoms with Crippen LogP contribution in [0.15, 0.2) is 42.5 Å². The van der Waals surface area contributed by atoms with Crippen molar-refractivity contribution in [3.8, 4) is 0 Å². The number of alkyl halides is 1. The van der Waals surface area contributed by atoms with E-state index in [0.717, 1.165) is 5.56 Å². The highest BCUT2D eigenvalue weighted by Crippen LogP contribution is 2.24. The minimum Gasteiger partial charge on any atom is -0.349 e. The van der Waals surface area contributed by atoms with Gasteiger partial charge in [0.25, 0.3) is 0 Å². The Balaban J connectivity index is 2.33. The van der Waals surface area contributed by atoms with Gasteiger partial charge in [0.2, 0.25) is 5.91 Å². The lowest BCUT2D eigenvalue weighted by molar-refractivity contribution is -0.120. The topological polar surface area (TPSA) is 29.1 Å². The first-order valence-corrected chi connectivity index (χ1v) is 6.93. The SMILES string of the molecule is CC(Br)C(=O)NC(C)c1cccc2ccccc12. The molecule has 0 fully saturated rings. The predicted molar refractivity (Wildman–Crippen MR) is 78.9 cm³/mol. The lowest BCUT2D eigenvalue weighted by atomic mass is 9.99. The number of carbonyl (C=O) groups excluding carboxylic acids is 1. The molecule has 18 heavy (non-hydrogen) atoms. The van der Waals surface area contributed by atoms with Gasteiger partial charge in [0, 0.05) is 0 Å². The molecule has 1 N–H and O–H groups in total. The van der Waals surface area contributed by atoms with Crippen molar-refractivity contribution in [1.82, 2.24) is 5.32 Å². The number of rotatable bonds is 3. The predicted octanol–water partition coefficient (Wildman–Crippen LogP) is 3.80. The van der Waals surface area contributed by atoms with Gasteiger partial charge in [-0.05, 0) is 30.2 Å². The van der Waals surface area contributed by atoms with Crippen LogP contribution in [-0.2, 0) is 4.79 Å². The van der Waals surface area contributed by atoms with Crippen LogP contribution < -0.4 is 5.32 Å². The van der Waals surface area contributed by atoms with E-state index < -0.39 is 0 Å². The molecule has 94 valence electrons. The average Bonchev–Trinajstić information content (AvgIpc) is 2.37. The molecule has 2 rings (SSSR count). The molecule has 0 aromatic heterocycles. The molecule has 0 radical (unpaired) electrons. The Morgan fingerprint density at radius 1 is 1.11 bits per heavy atom. The molecule has 0 spiro atoms. The molecule has 2 atom stereocenters. The van der Waals surface area contributed by atoms with Gasteiger partial charge in [-0.2, -0.15) is 0 Å². The second-order valence-electron chi connectivity index (χ2n) is 4.41. The number of fused-ring (bicyclic) bond motifs is 1. The average molecular weight is 306 g/mol. The van der Waals surface area contributed by atoms with E-state index in [2.05, 4.69) is 45.5 Å². The van der Waals surface area contributed by atoms with Crippen molar-refractivity contribution >= 4 is 32.6 Å². The first kappa shape index (κ1) is 13.1. The standard InChI is InChI=1S/C15H16BrNO/c1-10(16)15(18)17-11(2)13-9-5-7-12-6-3-4-8-14(12)13/h3-11H,1-2H3,(H,17,18). The van der Waals surface area contributed by atoms with Crippen molar-refractivity contribution in [2.75, 3.05) is 0 Å². The van der Waals surface area contributed by atoms with Crippen LogP contribution in [0.5, 0.6) is 0 Å². The summed E-state index contributed by atoms with van der Waals surface area (Å²) in [5.74, 6) is 0.00966. The van der Waals surface area contributed by atoms with Crippen LogP contribution in [0.4, 0.5) is 0 Å². The number of amides is 1. The molecule has 0 heterocycles. The lowest BCUT2D eigenvalue weighted by Gasteiger charge is -2.17. The third kappa shape index (κ3) is 2.72. The molecule has 0 saturated heterocycles. The highest BCUT2D eigenvalue weighted by Gasteiger charge is 2.14. The normalized spacial score (nSPS) is 14.2. The summed E-state index contributed by atoms with van der Waals surface area (Å²) in [6, 6.07) is 14.4. The van der Waals surface area contributed by atoms with E-state index in [4.69, 9.17) is 0 Å². The molecule has 2 unspecified atom stereocenters. The van der Waals surface area contributed by atoms with E-state index in [1.165, 1.54) is 10.8 Å². The molecule has 0 saturated carbocycles. The van der Waals surface area contributed by atoms with Crippen LogP contribution in [0.2, 0.25) is 0 Å². The lowest BCUT2D eigenvalue weighted by Crippen LogP contribution is -2.31. The quantitative estimate of drug-likeness (QED) is 0.859. The molecule has 2 nitrogen and oxygen atoms in total. The summed E-state index contributed by atoms with van der Waals surface area (Å²) in [6.07, 6.45) is 0. The fraction of sp³-hybridized carbons (Fsp3) is 0.267. The Morgan fingerprint density at radius 3 is 2.50 bits per heavy atom. The minimum atomic E-state index is -0.171. The second-order valence-corrected chi connectivity index (χ2v) is 5.79. The number of carbonyl (C=O) groups is 1. The zero-order valence-corrected chi connectivity index (χ0v) is 12.1. The summed E-state index contributed by atoms with van der Waals surface area (Å²) in [6.45, 7) is 3.83. The summed E-state index contributed by atoms with van der Waals surface area (Å²) < 4.78 is 0. The summed E-state index contributed by atoms with van der Waals surface area (Å²) in [5.41, 5.74) is 1.15. The Labute approximate surface area is 116 Å². The van der Waals surface area contributed by atoms with E-state index in [1.807, 2.05) is 32.0 Å². The molecule has 2 aromatic carbocycles. The Morgan fingerprint density at radius 2 is 1.78 bits per heavy atom. The van der Waals surface area contributed by atoms with Gasteiger partial charge >= 0.3 is 0 Å². The van der Waals surface area contributed by atoms with E-state index in [9.17, 15) is 4.79 Å². The number of nitrogens with one attached hydrogen (secondary N) is 1. The fourth-order valence-corrected chi connectivity index (χ4v) is 2.17. The first-order valence-electron chi connectivity index (χ1n) is 6.01. The van der Waals surface area contributed by atoms with Crippen molar-refractivity contribution < 1.29 is 4.79 Å². The zero-order valence-electron chi connectivity index (χ0n) is 10.5. The number of hydrogen-bond acceptors (Lipinski definition) is 1. The maximum Gasteiger partial charge on any atom is 0.233 e. The highest BCUT2D eigenvalue weighted by atomic mass is 79.9. The number of halogens is 1. The molecule has 1 amide bonds. The van der Waals surface area contributed by atoms with Gasteiger partial charge in [0.15, 0.2) is 0 Å². The maximum absolute atomic E-state index is 11.7. The highest BCUT2D eigenvalue weighted by molar-refractivity contribution is 9.10. The molecule has 2 aromatic rings. The third-order valence-corrected chi connectivity index (χ3v) is 3.43. The zero-order chi connectivity index (χ0) is 13.1. The van der Waals surface area contributed by atoms with Crippen molar-refractivity contribution in [2.24, 2.45) is 0 Å². The fourth-order valence-electron chi connectivity index (χ4n) is 2.03. The van der Waals surface area contributed by atoms with Crippen LogP contribution in [0.3, 0.4) is 0 Å². The summed E-state index contributed by atoms with van der Waals surface area (Å²) in [4.78, 5) is 11.5. The summed E-state index contributed by atoms with van der Waals surface area (Å²) in [5, 5.41) is 5.39. The van der Waals surface area contributed by atoms with Gasteiger partial charge in [-0.25, -0.2) is 0 Å². The Bertz CT molecular complexity index is 560. The number of hydrogen-bond donors (Lipinski definition) is 1. The largest absolute Gasteiger partial charge is 0.349 e. The van der Waals surface area contributed by atoms with Crippen LogP contribution in [-0.4, -0.2) is 10.7 Å². The van der Waals surface area contributed by atoms with E-state index in [-0.39, 0.29) is 16.8 Å². The molecule has 3 heteroatoms. The molecular weight excluding hydrogens is 290 g/mol.